The molecule has 1 aromatic carbocycles. The summed E-state index contributed by atoms with van der Waals surface area (Å²) < 4.78 is 0. The second kappa shape index (κ2) is 14.7. The van der Waals surface area contributed by atoms with Crippen molar-refractivity contribution in [2.24, 2.45) is 11.7 Å². The summed E-state index contributed by atoms with van der Waals surface area (Å²) in [5.74, 6) is -2.61. The zero-order valence-corrected chi connectivity index (χ0v) is 21.2. The fourth-order valence-corrected chi connectivity index (χ4v) is 3.61. The Morgan fingerprint density at radius 1 is 0.971 bits per heavy atom. The van der Waals surface area contributed by atoms with Crippen LogP contribution in [-0.2, 0) is 25.6 Å². The number of hydrogen-bond donors (Lipinski definition) is 7. The lowest BCUT2D eigenvalue weighted by molar-refractivity contribution is -0.142. The molecule has 0 saturated carbocycles. The van der Waals surface area contributed by atoms with Gasteiger partial charge in [-0.2, -0.15) is 24.4 Å². The molecule has 0 aliphatic carbocycles. The fourth-order valence-electron chi connectivity index (χ4n) is 2.88. The average Bonchev–Trinajstić information content (AvgIpc) is 2.79. The summed E-state index contributed by atoms with van der Waals surface area (Å²) in [6, 6.07) is 1.86. The van der Waals surface area contributed by atoms with Gasteiger partial charge in [-0.25, -0.2) is 4.79 Å². The normalized spacial score (nSPS) is 14.5. The van der Waals surface area contributed by atoms with Crippen molar-refractivity contribution < 1.29 is 29.4 Å². The molecule has 0 bridgehead atoms. The van der Waals surface area contributed by atoms with Crippen molar-refractivity contribution in [3.05, 3.63) is 29.8 Å². The summed E-state index contributed by atoms with van der Waals surface area (Å²) in [5.41, 5.74) is 6.47. The third-order valence-corrected chi connectivity index (χ3v) is 6.08. The maximum atomic E-state index is 12.9. The van der Waals surface area contributed by atoms with E-state index in [-0.39, 0.29) is 23.8 Å². The molecule has 0 saturated heterocycles. The predicted octanol–water partition coefficient (Wildman–Crippen LogP) is 0.140. The SMILES string of the molecule is CSCCC(NC(=O)C(N)C(C)C)C(=O)NC(CS)C(=O)NC(Cc1ccc(O)cc1)C(=O)O. The number of rotatable bonds is 14. The molecule has 0 fully saturated rings. The van der Waals surface area contributed by atoms with Gasteiger partial charge in [-0.3, -0.25) is 14.4 Å². The molecule has 7 N–H and O–H groups in total. The monoisotopic (exact) mass is 514 g/mol. The molecule has 0 radical (unpaired) electrons. The standard InChI is InChI=1S/C22H34N4O6S2/c1-12(2)18(23)21(30)24-15(8-9-34-3)19(28)26-17(11-33)20(29)25-16(22(31)32)10-13-4-6-14(27)7-5-13/h4-7,12,15-18,27,33H,8-11,23H2,1-3H3,(H,24,30)(H,25,29)(H,26,28)(H,31,32). The van der Waals surface area contributed by atoms with Crippen molar-refractivity contribution >= 4 is 48.1 Å². The summed E-state index contributed by atoms with van der Waals surface area (Å²) in [7, 11) is 0. The van der Waals surface area contributed by atoms with Gasteiger partial charge < -0.3 is 31.9 Å². The minimum atomic E-state index is -1.26. The van der Waals surface area contributed by atoms with E-state index >= 15 is 0 Å². The number of nitrogens with two attached hydrogens (primary N) is 1. The molecular weight excluding hydrogens is 480 g/mol. The molecule has 10 nitrogen and oxygen atoms in total. The number of amides is 3. The first kappa shape index (κ1) is 29.6. The van der Waals surface area contributed by atoms with Gasteiger partial charge in [0.15, 0.2) is 0 Å². The van der Waals surface area contributed by atoms with E-state index < -0.39 is 47.9 Å². The van der Waals surface area contributed by atoms with Gasteiger partial charge in [0, 0.05) is 12.2 Å². The predicted molar refractivity (Wildman–Crippen MR) is 135 cm³/mol. The van der Waals surface area contributed by atoms with Crippen LogP contribution in [0, 0.1) is 5.92 Å². The summed E-state index contributed by atoms with van der Waals surface area (Å²) in [6.45, 7) is 3.58. The molecule has 12 heteroatoms. The third-order valence-electron chi connectivity index (χ3n) is 5.07. The smallest absolute Gasteiger partial charge is 0.326 e. The van der Waals surface area contributed by atoms with Crippen LogP contribution in [0.2, 0.25) is 0 Å². The highest BCUT2D eigenvalue weighted by atomic mass is 32.2. The highest BCUT2D eigenvalue weighted by Crippen LogP contribution is 2.12. The number of nitrogens with one attached hydrogen (secondary N) is 3. The lowest BCUT2D eigenvalue weighted by atomic mass is 10.0. The van der Waals surface area contributed by atoms with Crippen molar-refractivity contribution in [3.63, 3.8) is 0 Å². The number of hydrogen-bond acceptors (Lipinski definition) is 8. The third kappa shape index (κ3) is 9.82. The molecule has 4 unspecified atom stereocenters. The first-order chi connectivity index (χ1) is 16.0. The Bertz CT molecular complexity index is 837. The number of carbonyl (C=O) groups is 4. The van der Waals surface area contributed by atoms with E-state index in [0.717, 1.165) is 0 Å². The van der Waals surface area contributed by atoms with Gasteiger partial charge in [-0.05, 0) is 42.0 Å². The van der Waals surface area contributed by atoms with Crippen LogP contribution in [0.25, 0.3) is 0 Å². The first-order valence-electron chi connectivity index (χ1n) is 10.8. The van der Waals surface area contributed by atoms with E-state index in [1.807, 2.05) is 6.26 Å². The van der Waals surface area contributed by atoms with Gasteiger partial charge in [-0.1, -0.05) is 26.0 Å². The highest BCUT2D eigenvalue weighted by Gasteiger charge is 2.30. The lowest BCUT2D eigenvalue weighted by Gasteiger charge is -2.25. The maximum absolute atomic E-state index is 12.9. The van der Waals surface area contributed by atoms with Crippen molar-refractivity contribution in [2.45, 2.75) is 50.9 Å². The maximum Gasteiger partial charge on any atom is 0.326 e. The molecule has 1 rings (SSSR count). The first-order valence-corrected chi connectivity index (χ1v) is 12.8. The van der Waals surface area contributed by atoms with E-state index in [4.69, 9.17) is 5.73 Å². The molecule has 0 spiro atoms. The number of carboxylic acid groups (broad SMARTS) is 1. The molecule has 1 aromatic rings. The number of thiol groups is 1. The van der Waals surface area contributed by atoms with Gasteiger partial charge in [-0.15, -0.1) is 0 Å². The highest BCUT2D eigenvalue weighted by molar-refractivity contribution is 7.98. The number of carboxylic acids is 1. The van der Waals surface area contributed by atoms with Crippen molar-refractivity contribution in [1.29, 1.82) is 0 Å². The molecule has 3 amide bonds. The molecule has 0 heterocycles. The zero-order valence-electron chi connectivity index (χ0n) is 19.5. The number of phenols is 1. The minimum Gasteiger partial charge on any atom is -0.508 e. The fraction of sp³-hybridized carbons (Fsp3) is 0.545. The van der Waals surface area contributed by atoms with Crippen LogP contribution in [0.1, 0.15) is 25.8 Å². The zero-order chi connectivity index (χ0) is 25.8. The van der Waals surface area contributed by atoms with Gasteiger partial charge in [0.25, 0.3) is 0 Å². The van der Waals surface area contributed by atoms with Crippen LogP contribution in [0.15, 0.2) is 24.3 Å². The summed E-state index contributed by atoms with van der Waals surface area (Å²) in [5, 5.41) is 26.5. The Morgan fingerprint density at radius 3 is 2.00 bits per heavy atom. The minimum absolute atomic E-state index is 0.0198. The number of carbonyl (C=O) groups excluding carboxylic acids is 3. The molecule has 0 aliphatic rings. The van der Waals surface area contributed by atoms with E-state index in [1.54, 1.807) is 26.0 Å². The van der Waals surface area contributed by atoms with E-state index in [9.17, 15) is 29.4 Å². The molecule has 4 atom stereocenters. The number of benzene rings is 1. The number of thioether (sulfide) groups is 1. The average molecular weight is 515 g/mol. The van der Waals surface area contributed by atoms with Crippen molar-refractivity contribution in [3.8, 4) is 5.75 Å². The summed E-state index contributed by atoms with van der Waals surface area (Å²) in [6.07, 6.45) is 2.16. The quantitative estimate of drug-likeness (QED) is 0.172. The summed E-state index contributed by atoms with van der Waals surface area (Å²) >= 11 is 5.62. The Labute approximate surface area is 209 Å². The van der Waals surface area contributed by atoms with Gasteiger partial charge in [0.1, 0.15) is 23.9 Å². The van der Waals surface area contributed by atoms with E-state index in [2.05, 4.69) is 28.6 Å². The Kier molecular flexibility index (Phi) is 12.8. The molecule has 190 valence electrons. The topological polar surface area (TPSA) is 171 Å². The lowest BCUT2D eigenvalue weighted by Crippen LogP contribution is -2.58. The van der Waals surface area contributed by atoms with Crippen LogP contribution in [-0.4, -0.2) is 75.8 Å². The van der Waals surface area contributed by atoms with Crippen molar-refractivity contribution in [2.75, 3.05) is 17.8 Å². The van der Waals surface area contributed by atoms with E-state index in [0.29, 0.717) is 17.7 Å². The molecule has 0 aromatic heterocycles. The molecule has 0 aliphatic heterocycles. The Morgan fingerprint density at radius 2 is 1.50 bits per heavy atom. The van der Waals surface area contributed by atoms with Crippen LogP contribution in [0.5, 0.6) is 5.75 Å². The number of aliphatic carboxylic acids is 1. The number of phenolic OH excluding ortho intramolecular Hbond substituents is 1. The molecule has 34 heavy (non-hydrogen) atoms. The van der Waals surface area contributed by atoms with E-state index in [1.165, 1.54) is 23.9 Å². The van der Waals surface area contributed by atoms with Gasteiger partial charge in [0.05, 0.1) is 6.04 Å². The second-order valence-corrected chi connectivity index (χ2v) is 9.48. The van der Waals surface area contributed by atoms with Crippen LogP contribution in [0.4, 0.5) is 0 Å². The second-order valence-electron chi connectivity index (χ2n) is 8.13. The van der Waals surface area contributed by atoms with Gasteiger partial charge >= 0.3 is 5.97 Å². The molecular formula is C22H34N4O6S2. The van der Waals surface area contributed by atoms with Crippen LogP contribution < -0.4 is 21.7 Å². The van der Waals surface area contributed by atoms with Crippen LogP contribution >= 0.6 is 24.4 Å². The largest absolute Gasteiger partial charge is 0.508 e. The Balaban J connectivity index is 2.86. The Hall–Kier alpha value is -2.44. The van der Waals surface area contributed by atoms with Crippen LogP contribution in [0.3, 0.4) is 0 Å². The van der Waals surface area contributed by atoms with Crippen molar-refractivity contribution in [1.82, 2.24) is 16.0 Å². The van der Waals surface area contributed by atoms with Gasteiger partial charge in [0.2, 0.25) is 17.7 Å². The summed E-state index contributed by atoms with van der Waals surface area (Å²) in [4.78, 5) is 49.6. The number of aromatic hydroxyl groups is 1.